The maximum Gasteiger partial charge on any atom is 0.142 e. The van der Waals surface area contributed by atoms with Gasteiger partial charge in [-0.2, -0.15) is 5.26 Å². The molecule has 70 valence electrons. The molecular formula is C10H7ClN2O. The third kappa shape index (κ3) is 0.927. The Morgan fingerprint density at radius 2 is 2.29 bits per heavy atom. The molecule has 1 fully saturated rings. The molecule has 0 N–H and O–H groups in total. The van der Waals surface area contributed by atoms with Crippen LogP contribution in [0.3, 0.4) is 0 Å². The zero-order chi connectivity index (χ0) is 9.71. The lowest BCUT2D eigenvalue weighted by Gasteiger charge is -2.11. The number of rotatable bonds is 0. The van der Waals surface area contributed by atoms with Crippen molar-refractivity contribution in [3.05, 3.63) is 28.0 Å². The van der Waals surface area contributed by atoms with Crippen LogP contribution in [0.5, 0.6) is 0 Å². The zero-order valence-corrected chi connectivity index (χ0v) is 8.08. The van der Waals surface area contributed by atoms with Gasteiger partial charge in [0.25, 0.3) is 0 Å². The third-order valence-corrected chi connectivity index (χ3v) is 3.11. The summed E-state index contributed by atoms with van der Waals surface area (Å²) in [7, 11) is 0. The fourth-order valence-electron chi connectivity index (χ4n) is 2.21. The van der Waals surface area contributed by atoms with Crippen molar-refractivity contribution in [2.45, 2.75) is 25.0 Å². The number of hydrogen-bond acceptors (Lipinski definition) is 3. The van der Waals surface area contributed by atoms with Gasteiger partial charge in [-0.25, -0.2) is 4.98 Å². The summed E-state index contributed by atoms with van der Waals surface area (Å²) >= 11 is 6.08. The van der Waals surface area contributed by atoms with Gasteiger partial charge in [0.1, 0.15) is 17.9 Å². The molecule has 0 saturated carbocycles. The molecule has 1 aromatic rings. The number of fused-ring (bicyclic) bond motifs is 5. The predicted molar refractivity (Wildman–Crippen MR) is 49.8 cm³/mol. The highest BCUT2D eigenvalue weighted by Gasteiger charge is 2.41. The number of hydrogen-bond donors (Lipinski definition) is 0. The molecule has 2 unspecified atom stereocenters. The van der Waals surface area contributed by atoms with Crippen molar-refractivity contribution in [2.75, 3.05) is 0 Å². The van der Waals surface area contributed by atoms with Crippen molar-refractivity contribution in [3.8, 4) is 6.07 Å². The molecule has 2 aliphatic rings. The fraction of sp³-hybridized carbons (Fsp3) is 0.400. The molecule has 0 spiro atoms. The minimum Gasteiger partial charge on any atom is -0.364 e. The second kappa shape index (κ2) is 2.69. The first kappa shape index (κ1) is 8.22. The summed E-state index contributed by atoms with van der Waals surface area (Å²) in [5.41, 5.74) is 2.26. The van der Waals surface area contributed by atoms with E-state index in [0.717, 1.165) is 24.1 Å². The Morgan fingerprint density at radius 1 is 1.50 bits per heavy atom. The minimum atomic E-state index is 0.0702. The molecular weight excluding hydrogens is 200 g/mol. The monoisotopic (exact) mass is 206 g/mol. The van der Waals surface area contributed by atoms with Crippen LogP contribution in [0.1, 0.15) is 42.0 Å². The van der Waals surface area contributed by atoms with E-state index in [-0.39, 0.29) is 12.2 Å². The molecule has 2 bridgehead atoms. The van der Waals surface area contributed by atoms with Crippen molar-refractivity contribution in [3.63, 3.8) is 0 Å². The first-order valence-corrected chi connectivity index (χ1v) is 4.93. The SMILES string of the molecule is N#Cc1cc(Cl)c2c(n1)C1CCC2O1. The van der Waals surface area contributed by atoms with Gasteiger partial charge in [-0.3, -0.25) is 0 Å². The van der Waals surface area contributed by atoms with Gasteiger partial charge in [0.2, 0.25) is 0 Å². The van der Waals surface area contributed by atoms with Crippen LogP contribution in [0, 0.1) is 11.3 Å². The lowest BCUT2D eigenvalue weighted by Crippen LogP contribution is -2.03. The summed E-state index contributed by atoms with van der Waals surface area (Å²) < 4.78 is 5.67. The van der Waals surface area contributed by atoms with Crippen LogP contribution in [0.4, 0.5) is 0 Å². The standard InChI is InChI=1S/C10H7ClN2O/c11-6-3-5(4-12)13-10-8-2-1-7(14-8)9(6)10/h3,7-8H,1-2H2. The number of pyridine rings is 1. The van der Waals surface area contributed by atoms with Crippen molar-refractivity contribution >= 4 is 11.6 Å². The molecule has 2 aliphatic heterocycles. The summed E-state index contributed by atoms with van der Waals surface area (Å²) in [6.45, 7) is 0. The first-order valence-electron chi connectivity index (χ1n) is 4.55. The smallest absolute Gasteiger partial charge is 0.142 e. The average Bonchev–Trinajstić information content (AvgIpc) is 2.77. The van der Waals surface area contributed by atoms with E-state index >= 15 is 0 Å². The molecule has 1 aromatic heterocycles. The van der Waals surface area contributed by atoms with E-state index in [2.05, 4.69) is 4.98 Å². The quantitative estimate of drug-likeness (QED) is 0.655. The number of nitrogens with zero attached hydrogens (tertiary/aromatic N) is 2. The van der Waals surface area contributed by atoms with E-state index in [9.17, 15) is 0 Å². The second-order valence-corrected chi connectivity index (χ2v) is 4.00. The van der Waals surface area contributed by atoms with E-state index in [1.165, 1.54) is 0 Å². The van der Waals surface area contributed by atoms with Gasteiger partial charge in [-0.05, 0) is 18.9 Å². The van der Waals surface area contributed by atoms with E-state index in [1.807, 2.05) is 6.07 Å². The van der Waals surface area contributed by atoms with Gasteiger partial charge in [0, 0.05) is 5.56 Å². The van der Waals surface area contributed by atoms with Crippen LogP contribution in [0.15, 0.2) is 6.07 Å². The Balaban J connectivity index is 2.24. The molecule has 0 aliphatic carbocycles. The highest BCUT2D eigenvalue weighted by Crippen LogP contribution is 2.51. The van der Waals surface area contributed by atoms with E-state index in [4.69, 9.17) is 21.6 Å². The largest absolute Gasteiger partial charge is 0.364 e. The van der Waals surface area contributed by atoms with Crippen molar-refractivity contribution in [1.82, 2.24) is 4.98 Å². The maximum absolute atomic E-state index is 8.75. The topological polar surface area (TPSA) is 45.9 Å². The summed E-state index contributed by atoms with van der Waals surface area (Å²) in [6, 6.07) is 3.62. The molecule has 0 aromatic carbocycles. The van der Waals surface area contributed by atoms with Gasteiger partial charge in [-0.15, -0.1) is 0 Å². The van der Waals surface area contributed by atoms with Crippen molar-refractivity contribution in [2.24, 2.45) is 0 Å². The molecule has 0 amide bonds. The number of aromatic nitrogens is 1. The molecule has 1 saturated heterocycles. The number of halogens is 1. The van der Waals surface area contributed by atoms with Gasteiger partial charge in [-0.1, -0.05) is 11.6 Å². The van der Waals surface area contributed by atoms with Crippen LogP contribution >= 0.6 is 11.6 Å². The Morgan fingerprint density at radius 3 is 3.07 bits per heavy atom. The van der Waals surface area contributed by atoms with E-state index < -0.39 is 0 Å². The highest BCUT2D eigenvalue weighted by molar-refractivity contribution is 6.31. The Bertz CT molecular complexity index is 452. The van der Waals surface area contributed by atoms with E-state index in [0.29, 0.717) is 10.7 Å². The zero-order valence-electron chi connectivity index (χ0n) is 7.33. The van der Waals surface area contributed by atoms with Gasteiger partial charge < -0.3 is 4.74 Å². The van der Waals surface area contributed by atoms with Gasteiger partial charge >= 0.3 is 0 Å². The van der Waals surface area contributed by atoms with Crippen LogP contribution in [-0.4, -0.2) is 4.98 Å². The Labute approximate surface area is 86.3 Å². The molecule has 4 heteroatoms. The molecule has 2 atom stereocenters. The fourth-order valence-corrected chi connectivity index (χ4v) is 2.54. The van der Waals surface area contributed by atoms with Crippen LogP contribution in [0.25, 0.3) is 0 Å². The first-order chi connectivity index (χ1) is 6.79. The van der Waals surface area contributed by atoms with Crippen molar-refractivity contribution in [1.29, 1.82) is 5.26 Å². The van der Waals surface area contributed by atoms with E-state index in [1.54, 1.807) is 6.07 Å². The Kier molecular flexibility index (Phi) is 1.58. The summed E-state index contributed by atoms with van der Waals surface area (Å²) in [4.78, 5) is 4.24. The summed E-state index contributed by atoms with van der Waals surface area (Å²) in [6.07, 6.45) is 2.20. The molecule has 3 nitrogen and oxygen atoms in total. The predicted octanol–water partition coefficient (Wildman–Crippen LogP) is 2.51. The normalized spacial score (nSPS) is 27.4. The molecule has 3 heterocycles. The molecule has 14 heavy (non-hydrogen) atoms. The van der Waals surface area contributed by atoms with Gasteiger partial charge in [0.15, 0.2) is 0 Å². The Hall–Kier alpha value is -1.11. The highest BCUT2D eigenvalue weighted by atomic mass is 35.5. The van der Waals surface area contributed by atoms with Crippen LogP contribution in [-0.2, 0) is 4.74 Å². The van der Waals surface area contributed by atoms with Crippen LogP contribution in [0.2, 0.25) is 5.02 Å². The summed E-state index contributed by atoms with van der Waals surface area (Å²) in [5, 5.41) is 9.38. The lowest BCUT2D eigenvalue weighted by atomic mass is 9.96. The average molecular weight is 207 g/mol. The van der Waals surface area contributed by atoms with Crippen molar-refractivity contribution < 1.29 is 4.74 Å². The third-order valence-electron chi connectivity index (χ3n) is 2.80. The number of ether oxygens (including phenoxy) is 1. The molecule has 0 radical (unpaired) electrons. The maximum atomic E-state index is 8.75. The van der Waals surface area contributed by atoms with Gasteiger partial charge in [0.05, 0.1) is 16.8 Å². The second-order valence-electron chi connectivity index (χ2n) is 3.59. The number of nitriles is 1. The lowest BCUT2D eigenvalue weighted by molar-refractivity contribution is 0.0703. The minimum absolute atomic E-state index is 0.0702. The summed E-state index contributed by atoms with van der Waals surface area (Å²) in [5.74, 6) is 0. The van der Waals surface area contributed by atoms with Crippen LogP contribution < -0.4 is 0 Å². The molecule has 3 rings (SSSR count).